The van der Waals surface area contributed by atoms with Gasteiger partial charge >= 0.3 is 0 Å². The van der Waals surface area contributed by atoms with Crippen LogP contribution < -0.4 is 20.3 Å². The molecule has 2 aromatic heterocycles. The standard InChI is InChI=1S/C21H22ClN3O4S/c1-11-4-5-12-17(6-11)30-20-19(12)21(27)25(10-23-20)9-18(26)24-14-7-13(22)15(28-2)8-16(14)29-3/h7-8,10-11H,4-6,9H2,1-3H3,(H,24,26). The molecule has 30 heavy (non-hydrogen) atoms. The Bertz CT molecular complexity index is 1190. The van der Waals surface area contributed by atoms with Crippen LogP contribution in [0.4, 0.5) is 5.69 Å². The number of fused-ring (bicyclic) bond motifs is 3. The topological polar surface area (TPSA) is 82.4 Å². The molecule has 0 aliphatic heterocycles. The molecule has 4 rings (SSSR count). The highest BCUT2D eigenvalue weighted by atomic mass is 35.5. The Morgan fingerprint density at radius 3 is 2.83 bits per heavy atom. The molecule has 1 unspecified atom stereocenters. The average molecular weight is 448 g/mol. The van der Waals surface area contributed by atoms with Gasteiger partial charge in [0.2, 0.25) is 5.91 Å². The highest BCUT2D eigenvalue weighted by molar-refractivity contribution is 7.18. The summed E-state index contributed by atoms with van der Waals surface area (Å²) in [6.45, 7) is 2.07. The molecule has 0 fully saturated rings. The lowest BCUT2D eigenvalue weighted by Gasteiger charge is -2.17. The maximum absolute atomic E-state index is 13.1. The van der Waals surface area contributed by atoms with Gasteiger partial charge in [-0.1, -0.05) is 18.5 Å². The monoisotopic (exact) mass is 447 g/mol. The van der Waals surface area contributed by atoms with Crippen LogP contribution in [0.3, 0.4) is 0 Å². The second kappa shape index (κ2) is 8.28. The van der Waals surface area contributed by atoms with Gasteiger partial charge in [-0.3, -0.25) is 14.2 Å². The van der Waals surface area contributed by atoms with Crippen LogP contribution in [0.2, 0.25) is 5.02 Å². The number of ether oxygens (including phenoxy) is 2. The third-order valence-corrected chi connectivity index (χ3v) is 6.80. The molecule has 7 nitrogen and oxygen atoms in total. The number of nitrogens with zero attached hydrogens (tertiary/aromatic N) is 2. The molecule has 3 aromatic rings. The second-order valence-electron chi connectivity index (χ2n) is 7.44. The summed E-state index contributed by atoms with van der Waals surface area (Å²) >= 11 is 7.75. The van der Waals surface area contributed by atoms with Gasteiger partial charge in [-0.2, -0.15) is 0 Å². The molecule has 0 saturated heterocycles. The van der Waals surface area contributed by atoms with Crippen LogP contribution in [0.25, 0.3) is 10.2 Å². The van der Waals surface area contributed by atoms with Crippen LogP contribution in [0, 0.1) is 5.92 Å². The number of hydrogen-bond donors (Lipinski definition) is 1. The summed E-state index contributed by atoms with van der Waals surface area (Å²) < 4.78 is 11.8. The van der Waals surface area contributed by atoms with Crippen molar-refractivity contribution in [1.82, 2.24) is 9.55 Å². The molecule has 0 spiro atoms. The zero-order chi connectivity index (χ0) is 21.4. The lowest BCUT2D eigenvalue weighted by molar-refractivity contribution is -0.116. The third-order valence-electron chi connectivity index (χ3n) is 5.34. The highest BCUT2D eigenvalue weighted by Gasteiger charge is 2.23. The van der Waals surface area contributed by atoms with E-state index in [4.69, 9.17) is 21.1 Å². The Morgan fingerprint density at radius 1 is 1.33 bits per heavy atom. The van der Waals surface area contributed by atoms with E-state index in [0.29, 0.717) is 33.5 Å². The number of thiophene rings is 1. The van der Waals surface area contributed by atoms with E-state index in [-0.39, 0.29) is 18.0 Å². The minimum Gasteiger partial charge on any atom is -0.495 e. The van der Waals surface area contributed by atoms with Gasteiger partial charge < -0.3 is 14.8 Å². The first kappa shape index (κ1) is 20.7. The van der Waals surface area contributed by atoms with Crippen molar-refractivity contribution in [3.8, 4) is 11.5 Å². The van der Waals surface area contributed by atoms with E-state index >= 15 is 0 Å². The fourth-order valence-electron chi connectivity index (χ4n) is 3.78. The summed E-state index contributed by atoms with van der Waals surface area (Å²) in [5, 5.41) is 3.75. The molecule has 1 aliphatic carbocycles. The normalized spacial score (nSPS) is 15.7. The largest absolute Gasteiger partial charge is 0.495 e. The van der Waals surface area contributed by atoms with E-state index in [0.717, 1.165) is 29.7 Å². The van der Waals surface area contributed by atoms with Crippen molar-refractivity contribution in [3.05, 3.63) is 44.3 Å². The molecule has 9 heteroatoms. The minimum absolute atomic E-state index is 0.157. The van der Waals surface area contributed by atoms with Crippen molar-refractivity contribution in [1.29, 1.82) is 0 Å². The van der Waals surface area contributed by atoms with Gasteiger partial charge in [0.15, 0.2) is 0 Å². The molecule has 1 aromatic carbocycles. The quantitative estimate of drug-likeness (QED) is 0.641. The van der Waals surface area contributed by atoms with Gasteiger partial charge in [0.1, 0.15) is 22.9 Å². The van der Waals surface area contributed by atoms with Crippen molar-refractivity contribution in [2.45, 2.75) is 32.7 Å². The van der Waals surface area contributed by atoms with Crippen LogP contribution in [0.5, 0.6) is 11.5 Å². The molecule has 0 saturated carbocycles. The van der Waals surface area contributed by atoms with E-state index in [1.165, 1.54) is 30.0 Å². The van der Waals surface area contributed by atoms with Crippen molar-refractivity contribution < 1.29 is 14.3 Å². The van der Waals surface area contributed by atoms with Crippen molar-refractivity contribution in [3.63, 3.8) is 0 Å². The molecule has 0 radical (unpaired) electrons. The lowest BCUT2D eigenvalue weighted by Crippen LogP contribution is -2.28. The van der Waals surface area contributed by atoms with Crippen LogP contribution in [-0.2, 0) is 24.2 Å². The second-order valence-corrected chi connectivity index (χ2v) is 8.94. The van der Waals surface area contributed by atoms with E-state index in [1.807, 2.05) is 0 Å². The van der Waals surface area contributed by atoms with Gasteiger partial charge in [-0.05, 0) is 36.8 Å². The van der Waals surface area contributed by atoms with Gasteiger partial charge in [0, 0.05) is 10.9 Å². The Morgan fingerprint density at radius 2 is 2.10 bits per heavy atom. The fraction of sp³-hybridized carbons (Fsp3) is 0.381. The molecule has 1 atom stereocenters. The maximum atomic E-state index is 13.1. The fourth-order valence-corrected chi connectivity index (χ4v) is 5.36. The number of methoxy groups -OCH3 is 2. The highest BCUT2D eigenvalue weighted by Crippen LogP contribution is 2.36. The Labute approximate surface area is 182 Å². The summed E-state index contributed by atoms with van der Waals surface area (Å²) in [6, 6.07) is 3.15. The zero-order valence-corrected chi connectivity index (χ0v) is 18.5. The number of amides is 1. The maximum Gasteiger partial charge on any atom is 0.262 e. The molecule has 0 bridgehead atoms. The molecule has 1 amide bonds. The Hall–Kier alpha value is -2.58. The first-order valence-electron chi connectivity index (χ1n) is 9.62. The number of hydrogen-bond acceptors (Lipinski definition) is 6. The first-order chi connectivity index (χ1) is 14.4. The summed E-state index contributed by atoms with van der Waals surface area (Å²) in [6.07, 6.45) is 4.36. The van der Waals surface area contributed by atoms with Crippen molar-refractivity contribution in [2.75, 3.05) is 19.5 Å². The predicted molar refractivity (Wildman–Crippen MR) is 118 cm³/mol. The van der Waals surface area contributed by atoms with Gasteiger partial charge in [0.05, 0.1) is 36.6 Å². The number of carbonyl (C=O) groups excluding carboxylic acids is 1. The molecule has 1 aliphatic rings. The predicted octanol–water partition coefficient (Wildman–Crippen LogP) is 3.89. The average Bonchev–Trinajstić information content (AvgIpc) is 3.08. The molecular weight excluding hydrogens is 426 g/mol. The van der Waals surface area contributed by atoms with Crippen LogP contribution in [-0.4, -0.2) is 29.7 Å². The number of rotatable bonds is 5. The summed E-state index contributed by atoms with van der Waals surface area (Å²) in [4.78, 5) is 32.2. The first-order valence-corrected chi connectivity index (χ1v) is 10.8. The van der Waals surface area contributed by atoms with Crippen LogP contribution >= 0.6 is 22.9 Å². The number of aromatic nitrogens is 2. The summed E-state index contributed by atoms with van der Waals surface area (Å²) in [5.41, 5.74) is 1.32. The number of carbonyl (C=O) groups is 1. The van der Waals surface area contributed by atoms with E-state index < -0.39 is 0 Å². The van der Waals surface area contributed by atoms with Gasteiger partial charge in [-0.25, -0.2) is 4.98 Å². The van der Waals surface area contributed by atoms with Crippen LogP contribution in [0.15, 0.2) is 23.3 Å². The number of nitrogens with one attached hydrogen (secondary N) is 1. The number of halogens is 1. The van der Waals surface area contributed by atoms with E-state index in [1.54, 1.807) is 23.5 Å². The molecular formula is C21H22ClN3O4S. The molecule has 2 heterocycles. The molecule has 1 N–H and O–H groups in total. The Kier molecular flexibility index (Phi) is 5.71. The van der Waals surface area contributed by atoms with Crippen LogP contribution in [0.1, 0.15) is 23.8 Å². The summed E-state index contributed by atoms with van der Waals surface area (Å²) in [5.74, 6) is 1.08. The van der Waals surface area contributed by atoms with E-state index in [9.17, 15) is 9.59 Å². The smallest absolute Gasteiger partial charge is 0.262 e. The number of aryl methyl sites for hydroxylation is 1. The lowest BCUT2D eigenvalue weighted by atomic mass is 9.89. The van der Waals surface area contributed by atoms with Crippen molar-refractivity contribution >= 4 is 44.7 Å². The number of anilines is 1. The van der Waals surface area contributed by atoms with Gasteiger partial charge in [-0.15, -0.1) is 11.3 Å². The van der Waals surface area contributed by atoms with E-state index in [2.05, 4.69) is 17.2 Å². The zero-order valence-electron chi connectivity index (χ0n) is 17.0. The van der Waals surface area contributed by atoms with Gasteiger partial charge in [0.25, 0.3) is 5.56 Å². The summed E-state index contributed by atoms with van der Waals surface area (Å²) in [7, 11) is 2.99. The SMILES string of the molecule is COc1cc(OC)c(NC(=O)Cn2cnc3sc4c(c3c2=O)CCC(C)C4)cc1Cl. The number of benzene rings is 1. The minimum atomic E-state index is -0.379. The molecule has 158 valence electrons. The third kappa shape index (κ3) is 3.77. The Balaban J connectivity index is 1.61. The van der Waals surface area contributed by atoms with Crippen molar-refractivity contribution in [2.24, 2.45) is 5.92 Å².